The molecule has 0 saturated carbocycles. The molecule has 2 aromatic carbocycles. The minimum atomic E-state index is 0. The summed E-state index contributed by atoms with van der Waals surface area (Å²) in [5.74, 6) is 3.42. The second-order valence-electron chi connectivity index (χ2n) is 7.59. The number of guanidine groups is 1. The van der Waals surface area contributed by atoms with Crippen molar-refractivity contribution in [2.75, 3.05) is 14.2 Å². The molecule has 0 aliphatic carbocycles. The molecule has 1 aromatic heterocycles. The van der Waals surface area contributed by atoms with E-state index in [1.165, 1.54) is 11.1 Å². The van der Waals surface area contributed by atoms with Gasteiger partial charge in [-0.05, 0) is 42.2 Å². The summed E-state index contributed by atoms with van der Waals surface area (Å²) < 4.78 is 7.23. The largest absolute Gasteiger partial charge is 0.497 e. The molecule has 0 unspecified atom stereocenters. The summed E-state index contributed by atoms with van der Waals surface area (Å²) in [6.45, 7) is 6.00. The number of nitrogens with one attached hydrogen (secondary N) is 1. The summed E-state index contributed by atoms with van der Waals surface area (Å²) in [5, 5.41) is 11.8. The second-order valence-corrected chi connectivity index (χ2v) is 7.59. The van der Waals surface area contributed by atoms with Crippen molar-refractivity contribution < 1.29 is 4.74 Å². The highest BCUT2D eigenvalue weighted by molar-refractivity contribution is 14.0. The predicted molar refractivity (Wildman–Crippen MR) is 139 cm³/mol. The van der Waals surface area contributed by atoms with Crippen LogP contribution in [0.4, 0.5) is 0 Å². The Hall–Kier alpha value is -2.62. The lowest BCUT2D eigenvalue weighted by molar-refractivity contribution is 0.414. The molecule has 0 radical (unpaired) electrons. The van der Waals surface area contributed by atoms with E-state index in [9.17, 15) is 0 Å². The minimum absolute atomic E-state index is 0. The number of ether oxygens (including phenoxy) is 1. The molecule has 0 saturated heterocycles. The lowest BCUT2D eigenvalue weighted by Crippen LogP contribution is -2.38. The Morgan fingerprint density at radius 3 is 2.22 bits per heavy atom. The van der Waals surface area contributed by atoms with Crippen LogP contribution in [0.15, 0.2) is 53.5 Å². The van der Waals surface area contributed by atoms with Crippen molar-refractivity contribution in [2.45, 2.75) is 39.9 Å². The summed E-state index contributed by atoms with van der Waals surface area (Å²) in [6.07, 6.45) is 1.05. The number of aromatic nitrogens is 3. The number of nitrogens with zero attached hydrogens (tertiary/aromatic N) is 5. The molecule has 0 atom stereocenters. The summed E-state index contributed by atoms with van der Waals surface area (Å²) in [7, 11) is 5.69. The number of rotatable bonds is 8. The zero-order valence-corrected chi connectivity index (χ0v) is 21.8. The van der Waals surface area contributed by atoms with Gasteiger partial charge >= 0.3 is 0 Å². The third-order valence-corrected chi connectivity index (χ3v) is 5.37. The number of hydrogen-bond donors (Lipinski definition) is 1. The monoisotopic (exact) mass is 548 g/mol. The maximum Gasteiger partial charge on any atom is 0.194 e. The van der Waals surface area contributed by atoms with E-state index < -0.39 is 0 Å². The van der Waals surface area contributed by atoms with Crippen molar-refractivity contribution in [3.8, 4) is 5.75 Å². The van der Waals surface area contributed by atoms with E-state index in [0.717, 1.165) is 41.9 Å². The van der Waals surface area contributed by atoms with Crippen LogP contribution in [0.2, 0.25) is 0 Å². The lowest BCUT2D eigenvalue weighted by atomic mass is 10.1. The molecule has 0 amide bonds. The number of hydrogen-bond acceptors (Lipinski definition) is 4. The van der Waals surface area contributed by atoms with E-state index in [1.54, 1.807) is 7.11 Å². The molecule has 172 valence electrons. The Labute approximate surface area is 207 Å². The SMILES string of the molecule is CCc1ccc(CN(C)C(=NCc2ccc(OC)cc2)NCc2nnc(C)n2C)cc1.I. The molecular weight excluding hydrogens is 515 g/mol. The van der Waals surface area contributed by atoms with Crippen LogP contribution in [0.3, 0.4) is 0 Å². The van der Waals surface area contributed by atoms with Gasteiger partial charge in [-0.25, -0.2) is 4.99 Å². The Kier molecular flexibility index (Phi) is 9.96. The molecule has 0 aliphatic heterocycles. The number of benzene rings is 2. The molecule has 7 nitrogen and oxygen atoms in total. The van der Waals surface area contributed by atoms with E-state index in [2.05, 4.69) is 58.7 Å². The van der Waals surface area contributed by atoms with Crippen molar-refractivity contribution >= 4 is 29.9 Å². The molecule has 3 aromatic rings. The molecule has 0 bridgehead atoms. The van der Waals surface area contributed by atoms with Crippen molar-refractivity contribution in [1.82, 2.24) is 25.0 Å². The van der Waals surface area contributed by atoms with Gasteiger partial charge in [-0.15, -0.1) is 34.2 Å². The van der Waals surface area contributed by atoms with Gasteiger partial charge in [0, 0.05) is 20.6 Å². The number of halogens is 1. The Bertz CT molecular complexity index is 998. The second kappa shape index (κ2) is 12.4. The van der Waals surface area contributed by atoms with Crippen molar-refractivity contribution in [2.24, 2.45) is 12.0 Å². The van der Waals surface area contributed by atoms with Gasteiger partial charge in [0.15, 0.2) is 11.8 Å². The van der Waals surface area contributed by atoms with Gasteiger partial charge in [-0.3, -0.25) is 0 Å². The normalized spacial score (nSPS) is 11.1. The summed E-state index contributed by atoms with van der Waals surface area (Å²) >= 11 is 0. The van der Waals surface area contributed by atoms with Crippen LogP contribution >= 0.6 is 24.0 Å². The third-order valence-electron chi connectivity index (χ3n) is 5.37. The first-order valence-electron chi connectivity index (χ1n) is 10.5. The fraction of sp³-hybridized carbons (Fsp3) is 0.375. The van der Waals surface area contributed by atoms with Crippen LogP contribution < -0.4 is 10.1 Å². The van der Waals surface area contributed by atoms with Crippen LogP contribution in [0.1, 0.15) is 35.3 Å². The maximum atomic E-state index is 5.24. The zero-order valence-electron chi connectivity index (χ0n) is 19.5. The van der Waals surface area contributed by atoms with Crippen molar-refractivity contribution in [1.29, 1.82) is 0 Å². The highest BCUT2D eigenvalue weighted by atomic mass is 127. The fourth-order valence-electron chi connectivity index (χ4n) is 3.20. The number of aryl methyl sites for hydroxylation is 2. The van der Waals surface area contributed by atoms with E-state index in [-0.39, 0.29) is 24.0 Å². The summed E-state index contributed by atoms with van der Waals surface area (Å²) in [4.78, 5) is 7.00. The minimum Gasteiger partial charge on any atom is -0.497 e. The van der Waals surface area contributed by atoms with Gasteiger partial charge in [-0.1, -0.05) is 43.3 Å². The Morgan fingerprint density at radius 1 is 1.03 bits per heavy atom. The Morgan fingerprint density at radius 2 is 1.66 bits per heavy atom. The maximum absolute atomic E-state index is 5.24. The molecule has 0 fully saturated rings. The van der Waals surface area contributed by atoms with Crippen LogP contribution in [-0.4, -0.2) is 39.8 Å². The smallest absolute Gasteiger partial charge is 0.194 e. The van der Waals surface area contributed by atoms with Crippen molar-refractivity contribution in [3.05, 3.63) is 76.9 Å². The standard InChI is InChI=1S/C24H32N6O.HI/c1-6-19-7-9-21(10-8-19)17-29(3)24(26-16-23-28-27-18(2)30(23)4)25-15-20-11-13-22(31-5)14-12-20;/h7-14H,6,15-17H2,1-5H3,(H,25,26);1H. The average molecular weight is 548 g/mol. The molecule has 3 rings (SSSR count). The van der Waals surface area contributed by atoms with Gasteiger partial charge in [-0.2, -0.15) is 0 Å². The fourth-order valence-corrected chi connectivity index (χ4v) is 3.20. The van der Waals surface area contributed by atoms with E-state index >= 15 is 0 Å². The molecule has 0 aliphatic rings. The highest BCUT2D eigenvalue weighted by Gasteiger charge is 2.11. The molecule has 1 N–H and O–H groups in total. The molecular formula is C24H33IN6O. The number of aliphatic imine (C=N–C) groups is 1. The third kappa shape index (κ3) is 6.94. The predicted octanol–water partition coefficient (Wildman–Crippen LogP) is 4.09. The van der Waals surface area contributed by atoms with E-state index in [0.29, 0.717) is 13.1 Å². The average Bonchev–Trinajstić information content (AvgIpc) is 3.12. The first-order valence-corrected chi connectivity index (χ1v) is 10.5. The lowest BCUT2D eigenvalue weighted by Gasteiger charge is -2.23. The van der Waals surface area contributed by atoms with Gasteiger partial charge in [0.2, 0.25) is 0 Å². The molecule has 8 heteroatoms. The van der Waals surface area contributed by atoms with Crippen LogP contribution in [0.5, 0.6) is 5.75 Å². The number of methoxy groups -OCH3 is 1. The summed E-state index contributed by atoms with van der Waals surface area (Å²) in [6, 6.07) is 16.7. The first-order chi connectivity index (χ1) is 15.0. The molecule has 1 heterocycles. The highest BCUT2D eigenvalue weighted by Crippen LogP contribution is 2.13. The topological polar surface area (TPSA) is 67.6 Å². The van der Waals surface area contributed by atoms with E-state index in [1.807, 2.05) is 42.8 Å². The molecule has 0 spiro atoms. The Balaban J connectivity index is 0.00000363. The van der Waals surface area contributed by atoms with Crippen LogP contribution in [-0.2, 0) is 33.1 Å². The van der Waals surface area contributed by atoms with Gasteiger partial charge in [0.05, 0.1) is 20.2 Å². The zero-order chi connectivity index (χ0) is 22.2. The van der Waals surface area contributed by atoms with Gasteiger partial charge in [0.1, 0.15) is 11.6 Å². The quantitative estimate of drug-likeness (QED) is 0.261. The van der Waals surface area contributed by atoms with Crippen LogP contribution in [0.25, 0.3) is 0 Å². The molecule has 32 heavy (non-hydrogen) atoms. The summed E-state index contributed by atoms with van der Waals surface area (Å²) in [5.41, 5.74) is 3.71. The van der Waals surface area contributed by atoms with E-state index in [4.69, 9.17) is 9.73 Å². The van der Waals surface area contributed by atoms with Crippen molar-refractivity contribution in [3.63, 3.8) is 0 Å². The van der Waals surface area contributed by atoms with Crippen LogP contribution in [0, 0.1) is 6.92 Å². The van der Waals surface area contributed by atoms with Gasteiger partial charge in [0.25, 0.3) is 0 Å². The first kappa shape index (κ1) is 25.6. The van der Waals surface area contributed by atoms with Gasteiger partial charge < -0.3 is 19.5 Å².